The van der Waals surface area contributed by atoms with Gasteiger partial charge in [0.15, 0.2) is 6.61 Å². The van der Waals surface area contributed by atoms with Crippen LogP contribution in [0.3, 0.4) is 0 Å². The lowest BCUT2D eigenvalue weighted by atomic mass is 10.0. The highest BCUT2D eigenvalue weighted by Crippen LogP contribution is 2.16. The Labute approximate surface area is 187 Å². The zero-order chi connectivity index (χ0) is 22.8. The van der Waals surface area contributed by atoms with Crippen LogP contribution in [0.4, 0.5) is 4.39 Å². The van der Waals surface area contributed by atoms with E-state index in [9.17, 15) is 14.0 Å². The number of rotatable bonds is 10. The predicted octanol–water partition coefficient (Wildman–Crippen LogP) is 3.98. The van der Waals surface area contributed by atoms with Crippen LogP contribution in [0.2, 0.25) is 0 Å². The smallest absolute Gasteiger partial charge is 0.261 e. The maximum atomic E-state index is 13.4. The Hall–Kier alpha value is -3.67. The van der Waals surface area contributed by atoms with Gasteiger partial charge in [-0.3, -0.25) is 9.59 Å². The first-order chi connectivity index (χ1) is 15.6. The minimum Gasteiger partial charge on any atom is -0.484 e. The maximum absolute atomic E-state index is 13.4. The molecular weight excluding hydrogens is 407 g/mol. The topological polar surface area (TPSA) is 58.6 Å². The number of benzene rings is 3. The van der Waals surface area contributed by atoms with E-state index in [4.69, 9.17) is 4.74 Å². The number of nitrogens with one attached hydrogen (secondary N) is 1. The second kappa shape index (κ2) is 11.6. The van der Waals surface area contributed by atoms with E-state index in [0.717, 1.165) is 11.1 Å². The Bertz CT molecular complexity index is 995. The van der Waals surface area contributed by atoms with E-state index >= 15 is 0 Å². The largest absolute Gasteiger partial charge is 0.484 e. The van der Waals surface area contributed by atoms with Crippen molar-refractivity contribution in [2.75, 3.05) is 13.2 Å². The van der Waals surface area contributed by atoms with Gasteiger partial charge in [-0.05, 0) is 42.3 Å². The van der Waals surface area contributed by atoms with Crippen LogP contribution in [0.5, 0.6) is 5.75 Å². The van der Waals surface area contributed by atoms with Gasteiger partial charge >= 0.3 is 0 Å². The molecule has 1 N–H and O–H groups in total. The molecule has 0 aromatic heterocycles. The fourth-order valence-corrected chi connectivity index (χ4v) is 3.38. The van der Waals surface area contributed by atoms with Crippen molar-refractivity contribution in [1.29, 1.82) is 0 Å². The van der Waals surface area contributed by atoms with Gasteiger partial charge in [-0.1, -0.05) is 60.7 Å². The van der Waals surface area contributed by atoms with Crippen molar-refractivity contribution in [3.8, 4) is 5.75 Å². The summed E-state index contributed by atoms with van der Waals surface area (Å²) in [6.45, 7) is 2.23. The lowest BCUT2D eigenvalue weighted by Crippen LogP contribution is -2.51. The van der Waals surface area contributed by atoms with Crippen molar-refractivity contribution >= 4 is 11.8 Å². The molecule has 32 heavy (non-hydrogen) atoms. The van der Waals surface area contributed by atoms with E-state index in [1.165, 1.54) is 17.0 Å². The Morgan fingerprint density at radius 3 is 2.16 bits per heavy atom. The third kappa shape index (κ3) is 6.67. The van der Waals surface area contributed by atoms with Crippen molar-refractivity contribution in [2.45, 2.75) is 25.9 Å². The zero-order valence-electron chi connectivity index (χ0n) is 18.0. The van der Waals surface area contributed by atoms with Crippen LogP contribution in [0, 0.1) is 5.82 Å². The second-order valence-corrected chi connectivity index (χ2v) is 7.35. The summed E-state index contributed by atoms with van der Waals surface area (Å²) in [4.78, 5) is 27.8. The molecule has 3 aromatic rings. The molecule has 0 unspecified atom stereocenters. The molecule has 0 aliphatic heterocycles. The first-order valence-corrected chi connectivity index (χ1v) is 10.6. The molecule has 0 saturated carbocycles. The van der Waals surface area contributed by atoms with E-state index < -0.39 is 6.04 Å². The van der Waals surface area contributed by atoms with Crippen LogP contribution in [0.15, 0.2) is 84.9 Å². The summed E-state index contributed by atoms with van der Waals surface area (Å²) in [6, 6.07) is 23.8. The lowest BCUT2D eigenvalue weighted by Gasteiger charge is -2.31. The van der Waals surface area contributed by atoms with Gasteiger partial charge in [-0.25, -0.2) is 4.39 Å². The average molecular weight is 435 g/mol. The SMILES string of the molecule is CCNC(=O)[C@H](Cc1ccccc1)N(Cc1ccc(F)cc1)C(=O)COc1ccccc1. The Kier molecular flexibility index (Phi) is 8.37. The molecule has 0 heterocycles. The molecule has 0 aliphatic carbocycles. The van der Waals surface area contributed by atoms with Gasteiger partial charge in [0.1, 0.15) is 17.6 Å². The number of halogens is 1. The van der Waals surface area contributed by atoms with Crippen molar-refractivity contribution in [1.82, 2.24) is 10.2 Å². The van der Waals surface area contributed by atoms with Gasteiger partial charge in [-0.15, -0.1) is 0 Å². The van der Waals surface area contributed by atoms with Gasteiger partial charge in [-0.2, -0.15) is 0 Å². The summed E-state index contributed by atoms with van der Waals surface area (Å²) < 4.78 is 19.1. The molecule has 0 radical (unpaired) electrons. The van der Waals surface area contributed by atoms with Crippen LogP contribution in [-0.2, 0) is 22.6 Å². The number of likely N-dealkylation sites (N-methyl/N-ethyl adjacent to an activating group) is 1. The third-order valence-electron chi connectivity index (χ3n) is 4.99. The van der Waals surface area contributed by atoms with Crippen LogP contribution < -0.4 is 10.1 Å². The van der Waals surface area contributed by atoms with E-state index in [2.05, 4.69) is 5.32 Å². The molecule has 0 bridgehead atoms. The highest BCUT2D eigenvalue weighted by Gasteiger charge is 2.30. The highest BCUT2D eigenvalue weighted by atomic mass is 19.1. The Morgan fingerprint density at radius 1 is 0.906 bits per heavy atom. The Morgan fingerprint density at radius 2 is 1.53 bits per heavy atom. The summed E-state index contributed by atoms with van der Waals surface area (Å²) in [7, 11) is 0. The fraction of sp³-hybridized carbons (Fsp3) is 0.231. The van der Waals surface area contributed by atoms with Crippen molar-refractivity contribution in [3.05, 3.63) is 102 Å². The number of nitrogens with zero attached hydrogens (tertiary/aromatic N) is 1. The van der Waals surface area contributed by atoms with Gasteiger partial charge in [0.25, 0.3) is 5.91 Å². The standard InChI is InChI=1S/C26H27FN2O3/c1-2-28-26(31)24(17-20-9-5-3-6-10-20)29(18-21-13-15-22(27)16-14-21)25(30)19-32-23-11-7-4-8-12-23/h3-16,24H,2,17-19H2,1H3,(H,28,31)/t24-/m0/s1. The summed E-state index contributed by atoms with van der Waals surface area (Å²) in [5.74, 6) is -0.360. The minimum absolute atomic E-state index is 0.159. The van der Waals surface area contributed by atoms with E-state index in [0.29, 0.717) is 18.7 Å². The summed E-state index contributed by atoms with van der Waals surface area (Å²) in [5, 5.41) is 2.84. The number of hydrogen-bond donors (Lipinski definition) is 1. The van der Waals surface area contributed by atoms with Crippen LogP contribution in [0.1, 0.15) is 18.1 Å². The molecule has 5 nitrogen and oxygen atoms in total. The monoisotopic (exact) mass is 434 g/mol. The quantitative estimate of drug-likeness (QED) is 0.525. The molecule has 0 aliphatic rings. The molecule has 1 atom stereocenters. The number of ether oxygens (including phenoxy) is 1. The maximum Gasteiger partial charge on any atom is 0.261 e. The molecule has 3 aromatic carbocycles. The van der Waals surface area contributed by atoms with Gasteiger partial charge in [0.2, 0.25) is 5.91 Å². The van der Waals surface area contributed by atoms with E-state index in [1.54, 1.807) is 24.3 Å². The Balaban J connectivity index is 1.87. The van der Waals surface area contributed by atoms with Gasteiger partial charge < -0.3 is 15.0 Å². The molecule has 3 rings (SSSR count). The second-order valence-electron chi connectivity index (χ2n) is 7.35. The fourth-order valence-electron chi connectivity index (χ4n) is 3.38. The molecule has 166 valence electrons. The third-order valence-corrected chi connectivity index (χ3v) is 4.99. The van der Waals surface area contributed by atoms with Crippen LogP contribution in [-0.4, -0.2) is 35.9 Å². The molecule has 0 fully saturated rings. The van der Waals surface area contributed by atoms with Gasteiger partial charge in [0.05, 0.1) is 0 Å². The molecule has 2 amide bonds. The van der Waals surface area contributed by atoms with E-state index in [-0.39, 0.29) is 30.8 Å². The van der Waals surface area contributed by atoms with Crippen molar-refractivity contribution in [3.63, 3.8) is 0 Å². The summed E-state index contributed by atoms with van der Waals surface area (Å²) >= 11 is 0. The summed E-state index contributed by atoms with van der Waals surface area (Å²) in [6.07, 6.45) is 0.352. The molecule has 6 heteroatoms. The average Bonchev–Trinajstić information content (AvgIpc) is 2.82. The molecular formula is C26H27FN2O3. The number of para-hydroxylation sites is 1. The van der Waals surface area contributed by atoms with Crippen LogP contribution in [0.25, 0.3) is 0 Å². The van der Waals surface area contributed by atoms with E-state index in [1.807, 2.05) is 55.5 Å². The van der Waals surface area contributed by atoms with Crippen molar-refractivity contribution < 1.29 is 18.7 Å². The van der Waals surface area contributed by atoms with Crippen LogP contribution >= 0.6 is 0 Å². The van der Waals surface area contributed by atoms with Crippen molar-refractivity contribution in [2.24, 2.45) is 0 Å². The first kappa shape index (κ1) is 23.0. The predicted molar refractivity (Wildman–Crippen MR) is 122 cm³/mol. The zero-order valence-corrected chi connectivity index (χ0v) is 18.0. The summed E-state index contributed by atoms with van der Waals surface area (Å²) in [5.41, 5.74) is 1.66. The normalized spacial score (nSPS) is 11.4. The van der Waals surface area contributed by atoms with Gasteiger partial charge in [0, 0.05) is 19.5 Å². The lowest BCUT2D eigenvalue weighted by molar-refractivity contribution is -0.142. The first-order valence-electron chi connectivity index (χ1n) is 10.6. The minimum atomic E-state index is -0.741. The number of carbonyl (C=O) groups is 2. The number of amides is 2. The number of hydrogen-bond acceptors (Lipinski definition) is 3. The number of carbonyl (C=O) groups excluding carboxylic acids is 2. The molecule has 0 saturated heterocycles. The highest BCUT2D eigenvalue weighted by molar-refractivity contribution is 5.88. The molecule has 0 spiro atoms.